The molecule has 0 aliphatic carbocycles. The first-order valence-corrected chi connectivity index (χ1v) is 7.26. The van der Waals surface area contributed by atoms with Gasteiger partial charge in [0.25, 0.3) is 0 Å². The van der Waals surface area contributed by atoms with E-state index in [2.05, 4.69) is 6.92 Å². The van der Waals surface area contributed by atoms with Crippen molar-refractivity contribution >= 4 is 16.8 Å². The second-order valence-corrected chi connectivity index (χ2v) is 5.26. The Hall–Kier alpha value is -2.68. The van der Waals surface area contributed by atoms with Gasteiger partial charge < -0.3 is 4.42 Å². The zero-order chi connectivity index (χ0) is 15.7. The molecule has 22 heavy (non-hydrogen) atoms. The van der Waals surface area contributed by atoms with Gasteiger partial charge in [-0.1, -0.05) is 31.2 Å². The summed E-state index contributed by atoms with van der Waals surface area (Å²) >= 11 is 0. The highest BCUT2D eigenvalue weighted by molar-refractivity contribution is 6.07. The third kappa shape index (κ3) is 2.35. The fourth-order valence-corrected chi connectivity index (χ4v) is 2.67. The first-order valence-electron chi connectivity index (χ1n) is 7.26. The largest absolute Gasteiger partial charge is 0.464 e. The maximum Gasteiger partial charge on any atom is 0.190 e. The number of ketones is 1. The van der Waals surface area contributed by atoms with Crippen LogP contribution in [0.25, 0.3) is 22.1 Å². The molecule has 0 aliphatic rings. The minimum Gasteiger partial charge on any atom is -0.464 e. The number of hydrogen-bond donors (Lipinski definition) is 0. The van der Waals surface area contributed by atoms with Gasteiger partial charge in [-0.25, -0.2) is 0 Å². The van der Waals surface area contributed by atoms with Crippen LogP contribution in [0.3, 0.4) is 0 Å². The van der Waals surface area contributed by atoms with Crippen LogP contribution in [-0.2, 0) is 6.42 Å². The molecule has 3 nitrogen and oxygen atoms in total. The third-order valence-electron chi connectivity index (χ3n) is 3.84. The van der Waals surface area contributed by atoms with E-state index in [-0.39, 0.29) is 16.8 Å². The van der Waals surface area contributed by atoms with Crippen LogP contribution >= 0.6 is 0 Å². The highest BCUT2D eigenvalue weighted by atomic mass is 16.3. The number of carbonyl (C=O) groups excluding carboxylic acids is 1. The molecule has 3 aromatic rings. The molecule has 0 N–H and O–H groups in total. The van der Waals surface area contributed by atoms with Crippen LogP contribution in [0.2, 0.25) is 0 Å². The Morgan fingerprint density at radius 1 is 1.05 bits per heavy atom. The Labute approximate surface area is 128 Å². The van der Waals surface area contributed by atoms with Crippen LogP contribution in [0.1, 0.15) is 29.8 Å². The fourth-order valence-electron chi connectivity index (χ4n) is 2.67. The normalized spacial score (nSPS) is 10.8. The van der Waals surface area contributed by atoms with Crippen LogP contribution in [-0.4, -0.2) is 5.78 Å². The number of Topliss-reactive ketones (excluding diaryl/α,β-unsaturated/α-hetero) is 1. The summed E-state index contributed by atoms with van der Waals surface area (Å²) in [7, 11) is 0. The van der Waals surface area contributed by atoms with E-state index >= 15 is 0 Å². The van der Waals surface area contributed by atoms with Gasteiger partial charge >= 0.3 is 0 Å². The zero-order valence-corrected chi connectivity index (χ0v) is 12.6. The van der Waals surface area contributed by atoms with Gasteiger partial charge in [0.15, 0.2) is 11.2 Å². The molecule has 1 heterocycles. The Morgan fingerprint density at radius 2 is 1.77 bits per heavy atom. The summed E-state index contributed by atoms with van der Waals surface area (Å²) in [5.74, 6) is -0.256. The van der Waals surface area contributed by atoms with Crippen molar-refractivity contribution in [2.45, 2.75) is 20.3 Å². The number of rotatable bonds is 3. The molecule has 0 fully saturated rings. The van der Waals surface area contributed by atoms with Crippen molar-refractivity contribution in [1.82, 2.24) is 0 Å². The van der Waals surface area contributed by atoms with Gasteiger partial charge in [0, 0.05) is 10.9 Å². The van der Waals surface area contributed by atoms with Gasteiger partial charge in [0.2, 0.25) is 0 Å². The predicted octanol–water partition coefficient (Wildman–Crippen LogP) is 4.23. The van der Waals surface area contributed by atoms with Crippen LogP contribution in [0.5, 0.6) is 0 Å². The summed E-state index contributed by atoms with van der Waals surface area (Å²) in [5, 5.41) is 0.805. The number of fused-ring (bicyclic) bond motifs is 1. The number of hydrogen-bond acceptors (Lipinski definition) is 3. The molecule has 0 atom stereocenters. The summed E-state index contributed by atoms with van der Waals surface area (Å²) in [6.07, 6.45) is 2.51. The average molecular weight is 292 g/mol. The minimum atomic E-state index is -0.284. The van der Waals surface area contributed by atoms with E-state index in [9.17, 15) is 9.59 Å². The molecule has 1 aromatic heterocycles. The van der Waals surface area contributed by atoms with Crippen molar-refractivity contribution in [1.29, 1.82) is 0 Å². The summed E-state index contributed by atoms with van der Waals surface area (Å²) in [6.45, 7) is 3.49. The predicted molar refractivity (Wildman–Crippen MR) is 87.3 cm³/mol. The maximum absolute atomic E-state index is 12.3. The molecule has 2 aromatic carbocycles. The third-order valence-corrected chi connectivity index (χ3v) is 3.84. The highest BCUT2D eigenvalue weighted by Gasteiger charge is 2.17. The van der Waals surface area contributed by atoms with E-state index in [0.29, 0.717) is 11.1 Å². The quantitative estimate of drug-likeness (QED) is 0.679. The van der Waals surface area contributed by atoms with Gasteiger partial charge in [-0.3, -0.25) is 9.59 Å². The van der Waals surface area contributed by atoms with Crippen molar-refractivity contribution in [2.75, 3.05) is 0 Å². The van der Waals surface area contributed by atoms with Crippen molar-refractivity contribution in [3.8, 4) is 11.1 Å². The van der Waals surface area contributed by atoms with Crippen molar-refractivity contribution in [2.24, 2.45) is 0 Å². The molecule has 0 bridgehead atoms. The summed E-state index contributed by atoms with van der Waals surface area (Å²) in [5.41, 5.74) is 3.05. The van der Waals surface area contributed by atoms with Gasteiger partial charge in [0.05, 0.1) is 11.8 Å². The second kappa shape index (κ2) is 5.60. The first-order chi connectivity index (χ1) is 10.6. The van der Waals surface area contributed by atoms with E-state index in [1.165, 1.54) is 18.6 Å². The number of carbonyl (C=O) groups is 1. The van der Waals surface area contributed by atoms with Crippen LogP contribution in [0.4, 0.5) is 0 Å². The first kappa shape index (κ1) is 14.3. The summed E-state index contributed by atoms with van der Waals surface area (Å²) in [6, 6.07) is 12.8. The molecule has 0 unspecified atom stereocenters. The maximum atomic E-state index is 12.3. The van der Waals surface area contributed by atoms with Gasteiger partial charge in [-0.15, -0.1) is 0 Å². The van der Waals surface area contributed by atoms with Crippen molar-refractivity contribution < 1.29 is 9.21 Å². The Kier molecular flexibility index (Phi) is 3.63. The molecular weight excluding hydrogens is 276 g/mol. The average Bonchev–Trinajstić information content (AvgIpc) is 2.93. The number of benzene rings is 1. The van der Waals surface area contributed by atoms with E-state index in [0.717, 1.165) is 17.4 Å². The molecular formula is C19H16O3. The molecule has 0 amide bonds. The van der Waals surface area contributed by atoms with E-state index in [1.807, 2.05) is 24.3 Å². The Bertz CT molecular complexity index is 902. The van der Waals surface area contributed by atoms with E-state index in [1.54, 1.807) is 18.4 Å². The van der Waals surface area contributed by atoms with Gasteiger partial charge in [-0.05, 0) is 42.7 Å². The fraction of sp³-hybridized carbons (Fsp3) is 0.158. The molecule has 0 spiro atoms. The zero-order valence-electron chi connectivity index (χ0n) is 12.6. The lowest BCUT2D eigenvalue weighted by Gasteiger charge is -2.06. The Balaban J connectivity index is 2.43. The van der Waals surface area contributed by atoms with Crippen LogP contribution in [0, 0.1) is 0 Å². The molecule has 110 valence electrons. The topological polar surface area (TPSA) is 47.3 Å². The van der Waals surface area contributed by atoms with Crippen molar-refractivity contribution in [3.05, 3.63) is 70.1 Å². The molecule has 0 saturated carbocycles. The lowest BCUT2D eigenvalue weighted by atomic mass is 9.97. The van der Waals surface area contributed by atoms with E-state index in [4.69, 9.17) is 4.42 Å². The summed E-state index contributed by atoms with van der Waals surface area (Å²) in [4.78, 5) is 24.4. The van der Waals surface area contributed by atoms with Crippen LogP contribution in [0.15, 0.2) is 57.9 Å². The molecule has 3 rings (SSSR count). The Morgan fingerprint density at radius 3 is 2.41 bits per heavy atom. The number of aryl methyl sites for hydroxylation is 1. The van der Waals surface area contributed by atoms with Crippen LogP contribution < -0.4 is 5.43 Å². The van der Waals surface area contributed by atoms with Crippen molar-refractivity contribution in [3.63, 3.8) is 0 Å². The highest BCUT2D eigenvalue weighted by Crippen LogP contribution is 2.31. The number of furan rings is 1. The summed E-state index contributed by atoms with van der Waals surface area (Å²) < 4.78 is 5.57. The lowest BCUT2D eigenvalue weighted by molar-refractivity contribution is 0.101. The molecule has 3 heteroatoms. The van der Waals surface area contributed by atoms with Gasteiger partial charge in [-0.2, -0.15) is 0 Å². The molecule has 0 saturated heterocycles. The monoisotopic (exact) mass is 292 g/mol. The molecule has 0 radical (unpaired) electrons. The van der Waals surface area contributed by atoms with Gasteiger partial charge in [0.1, 0.15) is 5.58 Å². The minimum absolute atomic E-state index is 0.175. The smallest absolute Gasteiger partial charge is 0.190 e. The standard InChI is InChI=1S/C19H16O3/c1-3-13-4-6-14(7-5-13)18-17(12(2)20)16(21)9-8-15-10-11-22-19(15)18/h4-11H,3H2,1-2H3. The van der Waals surface area contributed by atoms with E-state index < -0.39 is 0 Å². The molecule has 0 aliphatic heterocycles. The lowest BCUT2D eigenvalue weighted by Crippen LogP contribution is -2.10. The SMILES string of the molecule is CCc1ccc(-c2c(C(C)=O)c(=O)ccc3ccoc23)cc1. The second-order valence-electron chi connectivity index (χ2n) is 5.26.